The van der Waals surface area contributed by atoms with Crippen molar-refractivity contribution in [3.8, 4) is 0 Å². The van der Waals surface area contributed by atoms with E-state index in [2.05, 4.69) is 16.4 Å². The second kappa shape index (κ2) is 4.84. The summed E-state index contributed by atoms with van der Waals surface area (Å²) in [6.07, 6.45) is 5.92. The minimum Gasteiger partial charge on any atom is -0.351 e. The SMILES string of the molecule is O=C(NCC1(c2cccnc2)CC1)c1ccccc1. The highest BCUT2D eigenvalue weighted by atomic mass is 16.1. The fraction of sp³-hybridized carbons (Fsp3) is 0.250. The summed E-state index contributed by atoms with van der Waals surface area (Å²) >= 11 is 0. The molecule has 0 atom stereocenters. The highest BCUT2D eigenvalue weighted by Gasteiger charge is 2.44. The monoisotopic (exact) mass is 252 g/mol. The Balaban J connectivity index is 1.66. The minimum absolute atomic E-state index is 0.00392. The fourth-order valence-corrected chi connectivity index (χ4v) is 2.34. The van der Waals surface area contributed by atoms with E-state index in [0.717, 1.165) is 12.8 Å². The predicted molar refractivity (Wildman–Crippen MR) is 73.9 cm³/mol. The van der Waals surface area contributed by atoms with Gasteiger partial charge in [0.2, 0.25) is 0 Å². The van der Waals surface area contributed by atoms with Crippen LogP contribution in [0.25, 0.3) is 0 Å². The predicted octanol–water partition coefficient (Wildman–Crippen LogP) is 2.54. The second-order valence-electron chi connectivity index (χ2n) is 5.07. The number of nitrogens with zero attached hydrogens (tertiary/aromatic N) is 1. The summed E-state index contributed by atoms with van der Waals surface area (Å²) in [5.41, 5.74) is 2.05. The van der Waals surface area contributed by atoms with Crippen LogP contribution in [0.3, 0.4) is 0 Å². The topological polar surface area (TPSA) is 42.0 Å². The van der Waals surface area contributed by atoms with Crippen molar-refractivity contribution >= 4 is 5.91 Å². The number of aromatic nitrogens is 1. The third kappa shape index (κ3) is 2.50. The minimum atomic E-state index is -0.00392. The van der Waals surface area contributed by atoms with Crippen molar-refractivity contribution in [3.05, 3.63) is 66.0 Å². The molecule has 0 spiro atoms. The maximum Gasteiger partial charge on any atom is 0.251 e. The molecule has 1 heterocycles. The van der Waals surface area contributed by atoms with Crippen molar-refractivity contribution < 1.29 is 4.79 Å². The van der Waals surface area contributed by atoms with Gasteiger partial charge in [0.1, 0.15) is 0 Å². The lowest BCUT2D eigenvalue weighted by molar-refractivity contribution is 0.0949. The van der Waals surface area contributed by atoms with E-state index in [4.69, 9.17) is 0 Å². The Morgan fingerprint density at radius 1 is 1.16 bits per heavy atom. The third-order valence-corrected chi connectivity index (χ3v) is 3.75. The van der Waals surface area contributed by atoms with Crippen LogP contribution in [-0.4, -0.2) is 17.4 Å². The molecule has 0 bridgehead atoms. The normalized spacial score (nSPS) is 15.8. The molecule has 1 N–H and O–H groups in total. The molecule has 0 saturated heterocycles. The second-order valence-corrected chi connectivity index (χ2v) is 5.07. The van der Waals surface area contributed by atoms with Gasteiger partial charge in [-0.1, -0.05) is 24.3 Å². The Labute approximate surface area is 112 Å². The molecule has 0 aliphatic heterocycles. The molecule has 0 radical (unpaired) electrons. The van der Waals surface area contributed by atoms with Crippen LogP contribution in [0.2, 0.25) is 0 Å². The number of benzene rings is 1. The van der Waals surface area contributed by atoms with Gasteiger partial charge in [-0.2, -0.15) is 0 Å². The Morgan fingerprint density at radius 2 is 1.95 bits per heavy atom. The van der Waals surface area contributed by atoms with Gasteiger partial charge >= 0.3 is 0 Å². The first-order chi connectivity index (χ1) is 9.30. The van der Waals surface area contributed by atoms with Crippen LogP contribution >= 0.6 is 0 Å². The molecule has 1 aromatic carbocycles. The zero-order valence-corrected chi connectivity index (χ0v) is 10.7. The number of pyridine rings is 1. The van der Waals surface area contributed by atoms with Crippen molar-refractivity contribution in [3.63, 3.8) is 0 Å². The summed E-state index contributed by atoms with van der Waals surface area (Å²) in [5.74, 6) is -0.00392. The van der Waals surface area contributed by atoms with Gasteiger partial charge in [-0.25, -0.2) is 0 Å². The van der Waals surface area contributed by atoms with Crippen LogP contribution in [-0.2, 0) is 5.41 Å². The van der Waals surface area contributed by atoms with Crippen molar-refractivity contribution in [1.29, 1.82) is 0 Å². The fourth-order valence-electron chi connectivity index (χ4n) is 2.34. The lowest BCUT2D eigenvalue weighted by Crippen LogP contribution is -2.32. The molecule has 1 amide bonds. The molecule has 1 aromatic heterocycles. The van der Waals surface area contributed by atoms with Gasteiger partial charge in [0, 0.05) is 29.9 Å². The number of hydrogen-bond acceptors (Lipinski definition) is 2. The van der Waals surface area contributed by atoms with E-state index in [-0.39, 0.29) is 11.3 Å². The molecule has 96 valence electrons. The molecule has 3 heteroatoms. The maximum absolute atomic E-state index is 12.0. The van der Waals surface area contributed by atoms with Crippen LogP contribution in [0, 0.1) is 0 Å². The van der Waals surface area contributed by atoms with E-state index in [1.807, 2.05) is 42.6 Å². The highest BCUT2D eigenvalue weighted by Crippen LogP contribution is 2.47. The zero-order valence-electron chi connectivity index (χ0n) is 10.7. The van der Waals surface area contributed by atoms with Crippen molar-refractivity contribution in [1.82, 2.24) is 10.3 Å². The number of amides is 1. The van der Waals surface area contributed by atoms with Gasteiger partial charge in [0.05, 0.1) is 0 Å². The summed E-state index contributed by atoms with van der Waals surface area (Å²) < 4.78 is 0. The molecular weight excluding hydrogens is 236 g/mol. The van der Waals surface area contributed by atoms with Crippen molar-refractivity contribution in [2.24, 2.45) is 0 Å². The first-order valence-corrected chi connectivity index (χ1v) is 6.54. The number of hydrogen-bond donors (Lipinski definition) is 1. The van der Waals surface area contributed by atoms with Crippen LogP contribution in [0.15, 0.2) is 54.9 Å². The molecule has 3 rings (SSSR count). The Bertz CT molecular complexity index is 562. The van der Waals surface area contributed by atoms with E-state index in [0.29, 0.717) is 12.1 Å². The Morgan fingerprint density at radius 3 is 2.58 bits per heavy atom. The van der Waals surface area contributed by atoms with E-state index in [1.165, 1.54) is 5.56 Å². The summed E-state index contributed by atoms with van der Waals surface area (Å²) in [6.45, 7) is 0.687. The van der Waals surface area contributed by atoms with Crippen molar-refractivity contribution in [2.45, 2.75) is 18.3 Å². The average molecular weight is 252 g/mol. The molecule has 1 aliphatic carbocycles. The number of carbonyl (C=O) groups excluding carboxylic acids is 1. The highest BCUT2D eigenvalue weighted by molar-refractivity contribution is 5.94. The molecule has 2 aromatic rings. The third-order valence-electron chi connectivity index (χ3n) is 3.75. The summed E-state index contributed by atoms with van der Waals surface area (Å²) in [5, 5.41) is 3.03. The van der Waals surface area contributed by atoms with Gasteiger partial charge in [-0.05, 0) is 36.6 Å². The van der Waals surface area contributed by atoms with Crippen LogP contribution in [0.1, 0.15) is 28.8 Å². The number of carbonyl (C=O) groups is 1. The van der Waals surface area contributed by atoms with Crippen LogP contribution < -0.4 is 5.32 Å². The molecule has 3 nitrogen and oxygen atoms in total. The molecule has 1 fully saturated rings. The van der Waals surface area contributed by atoms with Gasteiger partial charge in [-0.3, -0.25) is 9.78 Å². The average Bonchev–Trinajstić information content (AvgIpc) is 3.28. The smallest absolute Gasteiger partial charge is 0.251 e. The van der Waals surface area contributed by atoms with E-state index in [1.54, 1.807) is 6.20 Å². The van der Waals surface area contributed by atoms with Gasteiger partial charge in [0.25, 0.3) is 5.91 Å². The van der Waals surface area contributed by atoms with E-state index < -0.39 is 0 Å². The van der Waals surface area contributed by atoms with Gasteiger partial charge in [-0.15, -0.1) is 0 Å². The Hall–Kier alpha value is -2.16. The molecular formula is C16H16N2O. The summed E-state index contributed by atoms with van der Waals surface area (Å²) in [4.78, 5) is 16.2. The number of nitrogens with one attached hydrogen (secondary N) is 1. The summed E-state index contributed by atoms with van der Waals surface area (Å²) in [7, 11) is 0. The lowest BCUT2D eigenvalue weighted by atomic mass is 9.98. The largest absolute Gasteiger partial charge is 0.351 e. The zero-order chi connectivity index (χ0) is 13.1. The lowest BCUT2D eigenvalue weighted by Gasteiger charge is -2.16. The van der Waals surface area contributed by atoms with Crippen molar-refractivity contribution in [2.75, 3.05) is 6.54 Å². The van der Waals surface area contributed by atoms with Gasteiger partial charge < -0.3 is 5.32 Å². The Kier molecular flexibility index (Phi) is 3.03. The van der Waals surface area contributed by atoms with Crippen LogP contribution in [0.5, 0.6) is 0 Å². The van der Waals surface area contributed by atoms with E-state index >= 15 is 0 Å². The van der Waals surface area contributed by atoms with E-state index in [9.17, 15) is 4.79 Å². The maximum atomic E-state index is 12.0. The quantitative estimate of drug-likeness (QED) is 0.908. The molecule has 1 saturated carbocycles. The summed E-state index contributed by atoms with van der Waals surface area (Å²) in [6, 6.07) is 13.4. The van der Waals surface area contributed by atoms with Crippen LogP contribution in [0.4, 0.5) is 0 Å². The first-order valence-electron chi connectivity index (χ1n) is 6.54. The van der Waals surface area contributed by atoms with Gasteiger partial charge in [0.15, 0.2) is 0 Å². The molecule has 0 unspecified atom stereocenters. The standard InChI is InChI=1S/C16H16N2O/c19-15(13-5-2-1-3-6-13)18-12-16(8-9-16)14-7-4-10-17-11-14/h1-7,10-11H,8-9,12H2,(H,18,19). The first kappa shape index (κ1) is 11.9. The molecule has 19 heavy (non-hydrogen) atoms. The number of rotatable bonds is 4. The molecule has 1 aliphatic rings.